The average Bonchev–Trinajstić information content (AvgIpc) is 3.03. The molecule has 0 fully saturated rings. The highest BCUT2D eigenvalue weighted by Crippen LogP contribution is 2.35. The van der Waals surface area contributed by atoms with Crippen molar-refractivity contribution in [1.29, 1.82) is 0 Å². The van der Waals surface area contributed by atoms with Crippen LogP contribution in [0.5, 0.6) is 11.5 Å². The number of hydrogen-bond acceptors (Lipinski definition) is 5. The Labute approximate surface area is 131 Å². The van der Waals surface area contributed by atoms with Gasteiger partial charge in [0.05, 0.1) is 5.56 Å². The normalized spacial score (nSPS) is 12.2. The third-order valence-corrected chi connectivity index (χ3v) is 3.52. The Balaban J connectivity index is 1.65. The maximum atomic E-state index is 12.3. The van der Waals surface area contributed by atoms with Crippen LogP contribution in [-0.2, 0) is 0 Å². The number of ether oxygens (including phenoxy) is 2. The highest BCUT2D eigenvalue weighted by Gasteiger charge is 2.15. The number of aromatic amines is 1. The first kappa shape index (κ1) is 13.4. The van der Waals surface area contributed by atoms with E-state index in [9.17, 15) is 4.79 Å². The van der Waals surface area contributed by atoms with Gasteiger partial charge in [0, 0.05) is 11.9 Å². The number of benzene rings is 2. The number of hydrogen-bond donors (Lipinski definition) is 2. The van der Waals surface area contributed by atoms with Crippen molar-refractivity contribution in [2.75, 3.05) is 12.1 Å². The van der Waals surface area contributed by atoms with Crippen LogP contribution in [0, 0.1) is 0 Å². The van der Waals surface area contributed by atoms with E-state index in [1.807, 2.05) is 36.4 Å². The molecule has 114 valence electrons. The average molecular weight is 307 g/mol. The van der Waals surface area contributed by atoms with Gasteiger partial charge >= 0.3 is 0 Å². The Bertz CT molecular complexity index is 906. The van der Waals surface area contributed by atoms with Crippen LogP contribution in [0.3, 0.4) is 0 Å². The number of H-pyrrole nitrogens is 1. The largest absolute Gasteiger partial charge is 0.454 e. The Morgan fingerprint density at radius 2 is 1.87 bits per heavy atom. The molecule has 2 N–H and O–H groups in total. The second kappa shape index (κ2) is 5.49. The summed E-state index contributed by atoms with van der Waals surface area (Å²) in [6.45, 7) is 0.202. The number of nitrogens with one attached hydrogen (secondary N) is 2. The molecule has 0 amide bonds. The van der Waals surface area contributed by atoms with Gasteiger partial charge in [-0.05, 0) is 29.8 Å². The molecule has 6 nitrogen and oxygen atoms in total. The summed E-state index contributed by atoms with van der Waals surface area (Å²) in [6.07, 6.45) is 1.54. The summed E-state index contributed by atoms with van der Waals surface area (Å²) >= 11 is 0. The monoisotopic (exact) mass is 307 g/mol. The third kappa shape index (κ3) is 2.62. The lowest BCUT2D eigenvalue weighted by molar-refractivity contribution is 0.174. The van der Waals surface area contributed by atoms with Crippen molar-refractivity contribution in [3.05, 3.63) is 65.1 Å². The van der Waals surface area contributed by atoms with E-state index in [1.54, 1.807) is 18.3 Å². The first-order valence-corrected chi connectivity index (χ1v) is 7.11. The van der Waals surface area contributed by atoms with Crippen molar-refractivity contribution in [1.82, 2.24) is 9.97 Å². The summed E-state index contributed by atoms with van der Waals surface area (Å²) in [5.74, 6) is 1.71. The Hall–Kier alpha value is -3.28. The van der Waals surface area contributed by atoms with Crippen LogP contribution in [0.4, 0.5) is 11.6 Å². The number of nitrogens with zero attached hydrogens (tertiary/aromatic N) is 1. The van der Waals surface area contributed by atoms with Gasteiger partial charge in [0.25, 0.3) is 5.56 Å². The highest BCUT2D eigenvalue weighted by atomic mass is 16.7. The number of fused-ring (bicyclic) bond motifs is 1. The zero-order chi connectivity index (χ0) is 15.6. The molecule has 0 atom stereocenters. The van der Waals surface area contributed by atoms with Crippen LogP contribution < -0.4 is 20.3 Å². The first-order valence-electron chi connectivity index (χ1n) is 7.11. The van der Waals surface area contributed by atoms with E-state index in [4.69, 9.17) is 9.47 Å². The van der Waals surface area contributed by atoms with E-state index in [0.29, 0.717) is 23.0 Å². The molecule has 2 aromatic carbocycles. The molecule has 1 aromatic heterocycles. The zero-order valence-electron chi connectivity index (χ0n) is 12.1. The topological polar surface area (TPSA) is 76.2 Å². The quantitative estimate of drug-likeness (QED) is 0.778. The zero-order valence-corrected chi connectivity index (χ0v) is 12.1. The predicted octanol–water partition coefficient (Wildman–Crippen LogP) is 2.91. The van der Waals surface area contributed by atoms with Crippen molar-refractivity contribution >= 4 is 11.6 Å². The maximum Gasteiger partial charge on any atom is 0.260 e. The van der Waals surface area contributed by atoms with Crippen LogP contribution in [-0.4, -0.2) is 16.8 Å². The van der Waals surface area contributed by atoms with Gasteiger partial charge in [-0.15, -0.1) is 0 Å². The van der Waals surface area contributed by atoms with Crippen molar-refractivity contribution in [2.24, 2.45) is 0 Å². The van der Waals surface area contributed by atoms with Crippen molar-refractivity contribution in [3.63, 3.8) is 0 Å². The number of rotatable bonds is 3. The van der Waals surface area contributed by atoms with E-state index in [0.717, 1.165) is 11.3 Å². The van der Waals surface area contributed by atoms with Gasteiger partial charge < -0.3 is 14.8 Å². The molecule has 1 aliphatic rings. The molecule has 23 heavy (non-hydrogen) atoms. The van der Waals surface area contributed by atoms with E-state index in [2.05, 4.69) is 15.3 Å². The molecule has 0 saturated heterocycles. The number of anilines is 2. The van der Waals surface area contributed by atoms with Crippen LogP contribution in [0.2, 0.25) is 0 Å². The predicted molar refractivity (Wildman–Crippen MR) is 86.1 cm³/mol. The van der Waals surface area contributed by atoms with Gasteiger partial charge in [0.2, 0.25) is 12.7 Å². The van der Waals surface area contributed by atoms with E-state index in [1.165, 1.54) is 0 Å². The lowest BCUT2D eigenvalue weighted by Gasteiger charge is -2.06. The molecule has 0 saturated carbocycles. The molecule has 0 bridgehead atoms. The standard InChI is InChI=1S/C17H13N3O3/c21-16-13(11-6-7-14-15(8-11)23-10-22-14)9-18-17(20-16)19-12-4-2-1-3-5-12/h1-9H,10H2,(H2,18,19,20,21). The molecule has 3 aromatic rings. The Morgan fingerprint density at radius 1 is 1.04 bits per heavy atom. The molecular formula is C17H13N3O3. The van der Waals surface area contributed by atoms with E-state index in [-0.39, 0.29) is 12.4 Å². The third-order valence-electron chi connectivity index (χ3n) is 3.52. The van der Waals surface area contributed by atoms with Crippen LogP contribution in [0.1, 0.15) is 0 Å². The minimum absolute atomic E-state index is 0.202. The van der Waals surface area contributed by atoms with Gasteiger partial charge in [-0.2, -0.15) is 0 Å². The number of para-hydroxylation sites is 1. The lowest BCUT2D eigenvalue weighted by atomic mass is 10.1. The molecule has 0 unspecified atom stereocenters. The number of aromatic nitrogens is 2. The molecule has 0 radical (unpaired) electrons. The summed E-state index contributed by atoms with van der Waals surface area (Å²) in [4.78, 5) is 19.3. The molecule has 0 aliphatic carbocycles. The summed E-state index contributed by atoms with van der Waals surface area (Å²) in [5.41, 5.74) is 1.83. The Morgan fingerprint density at radius 3 is 2.70 bits per heavy atom. The molecule has 1 aliphatic heterocycles. The van der Waals surface area contributed by atoms with Crippen molar-refractivity contribution in [2.45, 2.75) is 0 Å². The minimum Gasteiger partial charge on any atom is -0.454 e. The summed E-state index contributed by atoms with van der Waals surface area (Å²) in [7, 11) is 0. The van der Waals surface area contributed by atoms with Crippen LogP contribution >= 0.6 is 0 Å². The fraction of sp³-hybridized carbons (Fsp3) is 0.0588. The molecule has 6 heteroatoms. The van der Waals surface area contributed by atoms with Gasteiger partial charge in [-0.25, -0.2) is 4.98 Å². The van der Waals surface area contributed by atoms with Gasteiger partial charge in [0.15, 0.2) is 11.5 Å². The smallest absolute Gasteiger partial charge is 0.260 e. The second-order valence-electron chi connectivity index (χ2n) is 5.03. The van der Waals surface area contributed by atoms with E-state index < -0.39 is 0 Å². The summed E-state index contributed by atoms with van der Waals surface area (Å²) in [5, 5.41) is 3.05. The summed E-state index contributed by atoms with van der Waals surface area (Å²) < 4.78 is 10.6. The van der Waals surface area contributed by atoms with Gasteiger partial charge in [-0.1, -0.05) is 24.3 Å². The molecule has 2 heterocycles. The minimum atomic E-state index is -0.225. The van der Waals surface area contributed by atoms with Crippen LogP contribution in [0.15, 0.2) is 59.5 Å². The maximum absolute atomic E-state index is 12.3. The highest BCUT2D eigenvalue weighted by molar-refractivity contribution is 5.67. The molecule has 0 spiro atoms. The van der Waals surface area contributed by atoms with Gasteiger partial charge in [0.1, 0.15) is 0 Å². The SMILES string of the molecule is O=c1[nH]c(Nc2ccccc2)ncc1-c1ccc2c(c1)OCO2. The summed E-state index contributed by atoms with van der Waals surface area (Å²) in [6, 6.07) is 14.9. The molecule has 4 rings (SSSR count). The van der Waals surface area contributed by atoms with Gasteiger partial charge in [-0.3, -0.25) is 9.78 Å². The Kier molecular flexibility index (Phi) is 3.20. The van der Waals surface area contributed by atoms with Crippen LogP contribution in [0.25, 0.3) is 11.1 Å². The fourth-order valence-corrected chi connectivity index (χ4v) is 2.39. The molecular weight excluding hydrogens is 294 g/mol. The first-order chi connectivity index (χ1) is 11.3. The fourth-order valence-electron chi connectivity index (χ4n) is 2.39. The van der Waals surface area contributed by atoms with Crippen molar-refractivity contribution in [3.8, 4) is 22.6 Å². The second-order valence-corrected chi connectivity index (χ2v) is 5.03. The van der Waals surface area contributed by atoms with E-state index >= 15 is 0 Å². The lowest BCUT2D eigenvalue weighted by Crippen LogP contribution is -2.12. The van der Waals surface area contributed by atoms with Crippen molar-refractivity contribution < 1.29 is 9.47 Å².